The van der Waals surface area contributed by atoms with Crippen LogP contribution < -0.4 is 5.73 Å². The zero-order chi connectivity index (χ0) is 18.9. The summed E-state index contributed by atoms with van der Waals surface area (Å²) in [5.41, 5.74) is 5.47. The van der Waals surface area contributed by atoms with Crippen molar-refractivity contribution in [1.29, 1.82) is 0 Å². The number of rotatable bonds is 5. The molecule has 10 heteroatoms. The largest absolute Gasteiger partial charge is 0.611 e. The molecule has 3 rings (SSSR count). The smallest absolute Gasteiger partial charge is 0.417 e. The third-order valence-corrected chi connectivity index (χ3v) is 6.48. The molecule has 0 aliphatic carbocycles. The van der Waals surface area contributed by atoms with E-state index in [0.29, 0.717) is 5.56 Å². The van der Waals surface area contributed by atoms with Gasteiger partial charge in [0.2, 0.25) is 4.21 Å². The van der Waals surface area contributed by atoms with Crippen molar-refractivity contribution in [2.45, 2.75) is 10.4 Å². The number of ether oxygens (including phenoxy) is 1. The summed E-state index contributed by atoms with van der Waals surface area (Å²) >= 11 is -0.656. The van der Waals surface area contributed by atoms with Crippen LogP contribution in [0.4, 0.5) is 18.9 Å². The Morgan fingerprint density at radius 2 is 2.15 bits per heavy atom. The minimum Gasteiger partial charge on any atom is -0.611 e. The fourth-order valence-electron chi connectivity index (χ4n) is 2.41. The molecule has 0 aliphatic rings. The first-order valence-corrected chi connectivity index (χ1v) is 9.54. The van der Waals surface area contributed by atoms with E-state index in [9.17, 15) is 17.7 Å². The van der Waals surface area contributed by atoms with Crippen molar-refractivity contribution in [3.8, 4) is 11.3 Å². The van der Waals surface area contributed by atoms with E-state index in [1.807, 2.05) is 0 Å². The molecule has 0 bridgehead atoms. The van der Waals surface area contributed by atoms with Crippen LogP contribution in [0.5, 0.6) is 0 Å². The number of halogens is 3. The van der Waals surface area contributed by atoms with Crippen molar-refractivity contribution in [2.24, 2.45) is 0 Å². The fraction of sp³-hybridized carbons (Fsp3) is 0.250. The van der Waals surface area contributed by atoms with Crippen molar-refractivity contribution in [3.05, 3.63) is 36.2 Å². The Kier molecular flexibility index (Phi) is 5.37. The molecule has 0 fully saturated rings. The van der Waals surface area contributed by atoms with Gasteiger partial charge in [-0.1, -0.05) is 11.3 Å². The molecule has 0 unspecified atom stereocenters. The van der Waals surface area contributed by atoms with Crippen LogP contribution in [0.15, 0.2) is 34.8 Å². The van der Waals surface area contributed by atoms with Crippen LogP contribution in [-0.2, 0) is 22.1 Å². The second-order valence-electron chi connectivity index (χ2n) is 5.32. The fourth-order valence-corrected chi connectivity index (χ4v) is 4.97. The lowest BCUT2D eigenvalue weighted by atomic mass is 10.1. The first-order chi connectivity index (χ1) is 12.3. The molecule has 1 atom stereocenters. The highest BCUT2D eigenvalue weighted by Gasteiger charge is 2.37. The summed E-state index contributed by atoms with van der Waals surface area (Å²) in [6.45, 7) is 0.209. The van der Waals surface area contributed by atoms with E-state index in [4.69, 9.17) is 10.5 Å². The lowest BCUT2D eigenvalue weighted by molar-refractivity contribution is -0.136. The van der Waals surface area contributed by atoms with Gasteiger partial charge in [0.05, 0.1) is 23.3 Å². The molecule has 2 N–H and O–H groups in total. The molecule has 0 saturated carbocycles. The van der Waals surface area contributed by atoms with Crippen molar-refractivity contribution in [1.82, 2.24) is 9.97 Å². The quantitative estimate of drug-likeness (QED) is 0.659. The van der Waals surface area contributed by atoms with E-state index in [2.05, 4.69) is 9.97 Å². The number of anilines is 1. The Balaban J connectivity index is 2.21. The number of aromatic nitrogens is 2. The minimum absolute atomic E-state index is 0.0944. The molecular weight excluding hydrogens is 387 g/mol. The second kappa shape index (κ2) is 7.39. The van der Waals surface area contributed by atoms with Crippen LogP contribution in [0.1, 0.15) is 5.56 Å². The zero-order valence-corrected chi connectivity index (χ0v) is 15.2. The van der Waals surface area contributed by atoms with Crippen LogP contribution in [0.25, 0.3) is 21.5 Å². The van der Waals surface area contributed by atoms with Gasteiger partial charge < -0.3 is 15.0 Å². The van der Waals surface area contributed by atoms with Gasteiger partial charge in [-0.15, -0.1) is 0 Å². The number of hydrogen-bond donors (Lipinski definition) is 1. The summed E-state index contributed by atoms with van der Waals surface area (Å²) in [7, 11) is 1.45. The molecular formula is C16H14F3N3O2S2. The first kappa shape index (κ1) is 18.9. The average Bonchev–Trinajstić information content (AvgIpc) is 2.95. The molecule has 0 aromatic carbocycles. The summed E-state index contributed by atoms with van der Waals surface area (Å²) in [5, 5.41) is -0.212. The highest BCUT2D eigenvalue weighted by Crippen LogP contribution is 2.45. The Morgan fingerprint density at radius 1 is 1.38 bits per heavy atom. The van der Waals surface area contributed by atoms with Gasteiger partial charge in [-0.05, 0) is 18.2 Å². The lowest BCUT2D eigenvalue weighted by Crippen LogP contribution is -2.12. The molecule has 0 saturated heterocycles. The van der Waals surface area contributed by atoms with Crippen molar-refractivity contribution >= 4 is 38.4 Å². The molecule has 0 amide bonds. The Bertz CT molecular complexity index is 916. The number of nitrogens with two attached hydrogens (primary N) is 1. The summed E-state index contributed by atoms with van der Waals surface area (Å²) in [6, 6.07) is 4.18. The van der Waals surface area contributed by atoms with Gasteiger partial charge in [0.15, 0.2) is 0 Å². The lowest BCUT2D eigenvalue weighted by Gasteiger charge is -2.11. The summed E-state index contributed by atoms with van der Waals surface area (Å²) < 4.78 is 58.3. The maximum Gasteiger partial charge on any atom is 0.417 e. The van der Waals surface area contributed by atoms with Crippen LogP contribution in [0.2, 0.25) is 0 Å². The van der Waals surface area contributed by atoms with Crippen LogP contribution in [0.3, 0.4) is 0 Å². The molecule has 5 nitrogen and oxygen atoms in total. The molecule has 26 heavy (non-hydrogen) atoms. The van der Waals surface area contributed by atoms with Gasteiger partial charge in [0.25, 0.3) is 0 Å². The molecule has 3 aromatic heterocycles. The van der Waals surface area contributed by atoms with Gasteiger partial charge in [-0.25, -0.2) is 4.98 Å². The summed E-state index contributed by atoms with van der Waals surface area (Å²) in [6.07, 6.45) is -1.67. The summed E-state index contributed by atoms with van der Waals surface area (Å²) in [4.78, 5) is 8.30. The van der Waals surface area contributed by atoms with Gasteiger partial charge in [-0.3, -0.25) is 4.98 Å². The molecule has 138 valence electrons. The normalized spacial score (nSPS) is 13.3. The Morgan fingerprint density at radius 3 is 2.77 bits per heavy atom. The van der Waals surface area contributed by atoms with Gasteiger partial charge >= 0.3 is 6.18 Å². The third-order valence-electron chi connectivity index (χ3n) is 3.61. The number of nitrogen functional groups attached to an aromatic ring is 1. The van der Waals surface area contributed by atoms with E-state index in [1.54, 1.807) is 12.1 Å². The van der Waals surface area contributed by atoms with E-state index in [1.165, 1.54) is 19.5 Å². The number of pyridine rings is 2. The van der Waals surface area contributed by atoms with E-state index >= 15 is 0 Å². The van der Waals surface area contributed by atoms with Gasteiger partial charge in [0, 0.05) is 36.2 Å². The molecule has 3 heterocycles. The van der Waals surface area contributed by atoms with Gasteiger partial charge in [-0.2, -0.15) is 13.2 Å². The van der Waals surface area contributed by atoms with Gasteiger partial charge in [0.1, 0.15) is 16.3 Å². The van der Waals surface area contributed by atoms with Crippen LogP contribution in [-0.4, -0.2) is 34.0 Å². The predicted molar refractivity (Wildman–Crippen MR) is 95.4 cm³/mol. The van der Waals surface area contributed by atoms with E-state index in [-0.39, 0.29) is 38.2 Å². The number of nitrogens with zero attached hydrogens (tertiary/aromatic N) is 2. The summed E-state index contributed by atoms with van der Waals surface area (Å²) in [5.74, 6) is 0.143. The molecule has 0 aliphatic heterocycles. The minimum atomic E-state index is -4.63. The number of alkyl halides is 3. The Labute approximate surface area is 154 Å². The topological polar surface area (TPSA) is 84.1 Å². The maximum absolute atomic E-state index is 13.6. The zero-order valence-electron chi connectivity index (χ0n) is 13.5. The molecule has 0 radical (unpaired) electrons. The molecule has 3 aromatic rings. The molecule has 0 spiro atoms. The highest BCUT2D eigenvalue weighted by atomic mass is 32.2. The predicted octanol–water partition coefficient (Wildman–Crippen LogP) is 3.71. The standard InChI is InChI=1S/C16H14F3N3O2S2/c1-24-5-6-26(23)15-13(20)12-10(16(17,18)19)7-11(22-14(12)25-15)9-3-2-4-21-8-9/h2-4,7-8H,5-6,20H2,1H3/t26-/m0/s1. The first-order valence-electron chi connectivity index (χ1n) is 7.41. The van der Waals surface area contributed by atoms with Crippen LogP contribution in [0, 0.1) is 0 Å². The van der Waals surface area contributed by atoms with Crippen molar-refractivity contribution < 1.29 is 22.5 Å². The monoisotopic (exact) mass is 401 g/mol. The third kappa shape index (κ3) is 3.63. The maximum atomic E-state index is 13.6. The number of methoxy groups -OCH3 is 1. The van der Waals surface area contributed by atoms with E-state index in [0.717, 1.165) is 17.4 Å². The number of thiophene rings is 1. The van der Waals surface area contributed by atoms with Crippen molar-refractivity contribution in [2.75, 3.05) is 25.2 Å². The highest BCUT2D eigenvalue weighted by molar-refractivity contribution is 7.93. The average molecular weight is 401 g/mol. The Hall–Kier alpha value is -1.88. The van der Waals surface area contributed by atoms with Crippen molar-refractivity contribution in [3.63, 3.8) is 0 Å². The van der Waals surface area contributed by atoms with Crippen LogP contribution >= 0.6 is 11.3 Å². The SMILES string of the molecule is COCC[S@+]([O-])c1sc2nc(-c3cccnc3)cc(C(F)(F)F)c2c1N. The number of fused-ring (bicyclic) bond motifs is 1. The number of hydrogen-bond acceptors (Lipinski definition) is 6. The second-order valence-corrected chi connectivity index (χ2v) is 8.09. The van der Waals surface area contributed by atoms with E-state index < -0.39 is 22.9 Å².